The van der Waals surface area contributed by atoms with Crippen LogP contribution in [0.3, 0.4) is 0 Å². The van der Waals surface area contributed by atoms with Crippen molar-refractivity contribution in [2.24, 2.45) is 0 Å². The summed E-state index contributed by atoms with van der Waals surface area (Å²) in [5.74, 6) is -0.272. The number of aromatic hydroxyl groups is 1. The van der Waals surface area contributed by atoms with Crippen molar-refractivity contribution in [1.29, 1.82) is 0 Å². The molecule has 14 heavy (non-hydrogen) atoms. The van der Waals surface area contributed by atoms with Crippen LogP contribution in [0.2, 0.25) is 0 Å². The van der Waals surface area contributed by atoms with E-state index in [1.807, 2.05) is 0 Å². The van der Waals surface area contributed by atoms with Crippen molar-refractivity contribution >= 4 is 0 Å². The Morgan fingerprint density at radius 3 is 2.21 bits per heavy atom. The van der Waals surface area contributed by atoms with Crippen molar-refractivity contribution in [2.75, 3.05) is 0 Å². The third kappa shape index (κ3) is 1.57. The summed E-state index contributed by atoms with van der Waals surface area (Å²) >= 11 is 0. The van der Waals surface area contributed by atoms with Gasteiger partial charge in [-0.25, -0.2) is 4.79 Å². The van der Waals surface area contributed by atoms with Crippen LogP contribution in [0.25, 0.3) is 0 Å². The van der Waals surface area contributed by atoms with Crippen molar-refractivity contribution in [3.8, 4) is 5.88 Å². The highest BCUT2D eigenvalue weighted by atomic mass is 16.3. The zero-order valence-corrected chi connectivity index (χ0v) is 8.71. The lowest BCUT2D eigenvalue weighted by molar-refractivity contribution is 0.303. The van der Waals surface area contributed by atoms with Crippen LogP contribution >= 0.6 is 0 Å². The number of H-pyrrole nitrogens is 1. The SMILES string of the molecule is Cc1c(O)n(C(C)(C)C)c(=O)[nH]c1=O. The molecule has 0 bridgehead atoms. The number of nitrogens with one attached hydrogen (secondary N) is 1. The first kappa shape index (κ1) is 10.6. The molecule has 5 nitrogen and oxygen atoms in total. The maximum atomic E-state index is 11.4. The smallest absolute Gasteiger partial charge is 0.331 e. The highest BCUT2D eigenvalue weighted by Gasteiger charge is 2.20. The molecule has 1 heterocycles. The Hall–Kier alpha value is -1.52. The summed E-state index contributed by atoms with van der Waals surface area (Å²) in [6.07, 6.45) is 0. The van der Waals surface area contributed by atoms with Crippen molar-refractivity contribution in [3.63, 3.8) is 0 Å². The summed E-state index contributed by atoms with van der Waals surface area (Å²) in [5.41, 5.74) is -1.55. The molecule has 0 saturated heterocycles. The lowest BCUT2D eigenvalue weighted by atomic mass is 10.1. The zero-order chi connectivity index (χ0) is 11.1. The van der Waals surface area contributed by atoms with Crippen LogP contribution in [-0.4, -0.2) is 14.7 Å². The molecule has 5 heteroatoms. The first-order valence-corrected chi connectivity index (χ1v) is 4.30. The first-order chi connectivity index (χ1) is 6.25. The second-order valence-corrected chi connectivity index (χ2v) is 4.21. The molecule has 0 aliphatic heterocycles. The van der Waals surface area contributed by atoms with Gasteiger partial charge >= 0.3 is 5.69 Å². The highest BCUT2D eigenvalue weighted by molar-refractivity contribution is 5.21. The third-order valence-corrected chi connectivity index (χ3v) is 1.98. The summed E-state index contributed by atoms with van der Waals surface area (Å²) in [7, 11) is 0. The van der Waals surface area contributed by atoms with Gasteiger partial charge in [0.2, 0.25) is 5.88 Å². The summed E-state index contributed by atoms with van der Waals surface area (Å²) in [4.78, 5) is 24.7. The molecule has 1 aromatic heterocycles. The number of aromatic amines is 1. The number of hydrogen-bond acceptors (Lipinski definition) is 3. The minimum atomic E-state index is -0.592. The van der Waals surface area contributed by atoms with Gasteiger partial charge in [0, 0.05) is 5.54 Å². The molecule has 0 spiro atoms. The molecular weight excluding hydrogens is 184 g/mol. The Morgan fingerprint density at radius 1 is 1.29 bits per heavy atom. The molecule has 0 aliphatic rings. The van der Waals surface area contributed by atoms with Gasteiger partial charge in [0.05, 0.1) is 5.56 Å². The zero-order valence-electron chi connectivity index (χ0n) is 8.71. The molecule has 2 N–H and O–H groups in total. The molecule has 0 amide bonds. The van der Waals surface area contributed by atoms with E-state index in [1.165, 1.54) is 6.92 Å². The van der Waals surface area contributed by atoms with Crippen molar-refractivity contribution < 1.29 is 5.11 Å². The van der Waals surface area contributed by atoms with E-state index in [0.717, 1.165) is 4.57 Å². The average molecular weight is 198 g/mol. The van der Waals surface area contributed by atoms with E-state index in [0.29, 0.717) is 0 Å². The highest BCUT2D eigenvalue weighted by Crippen LogP contribution is 2.18. The van der Waals surface area contributed by atoms with Gasteiger partial charge in [-0.15, -0.1) is 0 Å². The standard InChI is InChI=1S/C9H14N2O3/c1-5-6(12)10-8(14)11(7(5)13)9(2,3)4/h13H,1-4H3,(H,10,12,14). The summed E-state index contributed by atoms with van der Waals surface area (Å²) in [6.45, 7) is 6.78. The Labute approximate surface area is 81.0 Å². The normalized spacial score (nSPS) is 11.7. The number of hydrogen-bond donors (Lipinski definition) is 2. The van der Waals surface area contributed by atoms with E-state index < -0.39 is 16.8 Å². The lowest BCUT2D eigenvalue weighted by Crippen LogP contribution is -2.39. The quantitative estimate of drug-likeness (QED) is 0.629. The van der Waals surface area contributed by atoms with E-state index >= 15 is 0 Å². The Bertz CT molecular complexity index is 462. The van der Waals surface area contributed by atoms with Crippen LogP contribution in [0.1, 0.15) is 26.3 Å². The molecule has 0 saturated carbocycles. The Morgan fingerprint density at radius 2 is 1.79 bits per heavy atom. The van der Waals surface area contributed by atoms with Gasteiger partial charge in [-0.3, -0.25) is 14.3 Å². The second kappa shape index (κ2) is 3.01. The van der Waals surface area contributed by atoms with Crippen molar-refractivity contribution in [1.82, 2.24) is 9.55 Å². The fourth-order valence-corrected chi connectivity index (χ4v) is 1.23. The van der Waals surface area contributed by atoms with E-state index in [2.05, 4.69) is 4.98 Å². The topological polar surface area (TPSA) is 75.1 Å². The monoisotopic (exact) mass is 198 g/mol. The van der Waals surface area contributed by atoms with Gasteiger partial charge in [-0.05, 0) is 27.7 Å². The minimum absolute atomic E-state index is 0.152. The molecule has 78 valence electrons. The van der Waals surface area contributed by atoms with Gasteiger partial charge in [-0.1, -0.05) is 0 Å². The van der Waals surface area contributed by atoms with E-state index in [4.69, 9.17) is 0 Å². The van der Waals surface area contributed by atoms with Crippen LogP contribution in [0, 0.1) is 6.92 Å². The third-order valence-electron chi connectivity index (χ3n) is 1.98. The van der Waals surface area contributed by atoms with Gasteiger partial charge < -0.3 is 5.11 Å². The molecule has 1 rings (SSSR count). The molecule has 0 unspecified atom stereocenters. The van der Waals surface area contributed by atoms with Gasteiger partial charge in [-0.2, -0.15) is 0 Å². The number of aromatic nitrogens is 2. The van der Waals surface area contributed by atoms with Crippen LogP contribution in [0.15, 0.2) is 9.59 Å². The molecule has 1 aromatic rings. The summed E-state index contributed by atoms with van der Waals surface area (Å²) in [5, 5.41) is 9.64. The van der Waals surface area contributed by atoms with Gasteiger partial charge in [0.15, 0.2) is 0 Å². The molecule has 0 radical (unpaired) electrons. The number of nitrogens with zero attached hydrogens (tertiary/aromatic N) is 1. The predicted molar refractivity (Wildman–Crippen MR) is 52.7 cm³/mol. The molecule has 0 aromatic carbocycles. The van der Waals surface area contributed by atoms with Gasteiger partial charge in [0.25, 0.3) is 5.56 Å². The Kier molecular flexibility index (Phi) is 2.27. The second-order valence-electron chi connectivity index (χ2n) is 4.21. The maximum Gasteiger partial charge on any atom is 0.331 e. The van der Waals surface area contributed by atoms with Crippen LogP contribution < -0.4 is 11.2 Å². The van der Waals surface area contributed by atoms with Crippen LogP contribution in [0.5, 0.6) is 5.88 Å². The molecular formula is C9H14N2O3. The number of rotatable bonds is 0. The maximum absolute atomic E-state index is 11.4. The molecule has 0 aliphatic carbocycles. The van der Waals surface area contributed by atoms with E-state index in [1.54, 1.807) is 20.8 Å². The molecule has 0 atom stereocenters. The summed E-state index contributed by atoms with van der Waals surface area (Å²) in [6, 6.07) is 0. The van der Waals surface area contributed by atoms with E-state index in [9.17, 15) is 14.7 Å². The molecule has 0 fully saturated rings. The Balaban J connectivity index is 3.70. The first-order valence-electron chi connectivity index (χ1n) is 4.30. The van der Waals surface area contributed by atoms with Crippen molar-refractivity contribution in [3.05, 3.63) is 26.4 Å². The van der Waals surface area contributed by atoms with Crippen LogP contribution in [0.4, 0.5) is 0 Å². The van der Waals surface area contributed by atoms with E-state index in [-0.39, 0.29) is 11.4 Å². The minimum Gasteiger partial charge on any atom is -0.494 e. The fraction of sp³-hybridized carbons (Fsp3) is 0.556. The largest absolute Gasteiger partial charge is 0.494 e. The summed E-state index contributed by atoms with van der Waals surface area (Å²) < 4.78 is 1.16. The van der Waals surface area contributed by atoms with Gasteiger partial charge in [0.1, 0.15) is 0 Å². The average Bonchev–Trinajstić information content (AvgIpc) is 1.97. The van der Waals surface area contributed by atoms with Crippen molar-refractivity contribution in [2.45, 2.75) is 33.2 Å². The fourth-order valence-electron chi connectivity index (χ4n) is 1.23. The lowest BCUT2D eigenvalue weighted by Gasteiger charge is -2.23. The van der Waals surface area contributed by atoms with Crippen LogP contribution in [-0.2, 0) is 5.54 Å². The predicted octanol–water partition coefficient (Wildman–Crippen LogP) is 0.306.